The fourth-order valence-corrected chi connectivity index (χ4v) is 2.35. The molecule has 5 heteroatoms. The molecule has 4 nitrogen and oxygen atoms in total. The summed E-state index contributed by atoms with van der Waals surface area (Å²) in [5.74, 6) is 2.39. The second-order valence-electron chi connectivity index (χ2n) is 6.96. The zero-order valence-electron chi connectivity index (χ0n) is 15.0. The molecule has 136 valence electrons. The lowest BCUT2D eigenvalue weighted by Crippen LogP contribution is -2.36. The Morgan fingerprint density at radius 2 is 1.88 bits per heavy atom. The van der Waals surface area contributed by atoms with E-state index in [9.17, 15) is 4.79 Å². The Kier molecular flexibility index (Phi) is 9.16. The molecule has 1 aliphatic carbocycles. The Hall–Kier alpha value is -1.26. The molecule has 0 radical (unpaired) electrons. The number of carbonyl (C=O) groups is 1. The number of benzene rings is 1. The van der Waals surface area contributed by atoms with Crippen molar-refractivity contribution in [3.8, 4) is 5.75 Å². The molecule has 1 amide bonds. The van der Waals surface area contributed by atoms with E-state index in [1.54, 1.807) is 0 Å². The Morgan fingerprint density at radius 1 is 1.21 bits per heavy atom. The molecule has 1 fully saturated rings. The Morgan fingerprint density at radius 3 is 2.46 bits per heavy atom. The SMILES string of the molecule is CC(C)CCOc1ccc(C(C)NC(=O)CNCC2CC2)cc1.Cl. The molecule has 1 atom stereocenters. The van der Waals surface area contributed by atoms with E-state index in [1.807, 2.05) is 31.2 Å². The first kappa shape index (κ1) is 20.8. The molecule has 1 unspecified atom stereocenters. The number of amides is 1. The van der Waals surface area contributed by atoms with Crippen LogP contribution in [0.2, 0.25) is 0 Å². The van der Waals surface area contributed by atoms with Crippen molar-refractivity contribution >= 4 is 18.3 Å². The van der Waals surface area contributed by atoms with Gasteiger partial charge in [-0.3, -0.25) is 4.79 Å². The monoisotopic (exact) mass is 354 g/mol. The van der Waals surface area contributed by atoms with Crippen LogP contribution >= 0.6 is 12.4 Å². The molecule has 1 aliphatic rings. The minimum absolute atomic E-state index is 0. The van der Waals surface area contributed by atoms with Gasteiger partial charge in [0.1, 0.15) is 5.75 Å². The highest BCUT2D eigenvalue weighted by Gasteiger charge is 2.20. The van der Waals surface area contributed by atoms with E-state index in [2.05, 4.69) is 24.5 Å². The fraction of sp³-hybridized carbons (Fsp3) is 0.632. The predicted molar refractivity (Wildman–Crippen MR) is 101 cm³/mol. The number of nitrogens with one attached hydrogen (secondary N) is 2. The summed E-state index contributed by atoms with van der Waals surface area (Å²) in [6.45, 7) is 8.50. The zero-order chi connectivity index (χ0) is 16.7. The van der Waals surface area contributed by atoms with Crippen LogP contribution in [-0.2, 0) is 4.79 Å². The standard InChI is InChI=1S/C19H30N2O2.ClH/c1-14(2)10-11-23-18-8-6-17(7-9-18)15(3)21-19(22)13-20-12-16-4-5-16;/h6-9,14-16,20H,4-5,10-13H2,1-3H3,(H,21,22);1H. The number of hydrogen-bond acceptors (Lipinski definition) is 3. The minimum atomic E-state index is 0. The zero-order valence-corrected chi connectivity index (χ0v) is 15.8. The van der Waals surface area contributed by atoms with Crippen molar-refractivity contribution < 1.29 is 9.53 Å². The molecular weight excluding hydrogens is 324 g/mol. The van der Waals surface area contributed by atoms with Gasteiger partial charge in [-0.1, -0.05) is 26.0 Å². The third-order valence-electron chi connectivity index (χ3n) is 4.14. The fourth-order valence-electron chi connectivity index (χ4n) is 2.35. The van der Waals surface area contributed by atoms with E-state index >= 15 is 0 Å². The molecule has 0 saturated heterocycles. The minimum Gasteiger partial charge on any atom is -0.494 e. The lowest BCUT2D eigenvalue weighted by molar-refractivity contribution is -0.120. The van der Waals surface area contributed by atoms with Crippen LogP contribution in [0.15, 0.2) is 24.3 Å². The Bertz CT molecular complexity index is 487. The first-order chi connectivity index (χ1) is 11.0. The van der Waals surface area contributed by atoms with Crippen LogP contribution < -0.4 is 15.4 Å². The van der Waals surface area contributed by atoms with E-state index in [1.165, 1.54) is 12.8 Å². The molecule has 0 spiro atoms. The molecule has 0 aromatic heterocycles. The molecule has 2 N–H and O–H groups in total. The third kappa shape index (κ3) is 8.02. The molecule has 0 aliphatic heterocycles. The van der Waals surface area contributed by atoms with Gasteiger partial charge in [0.25, 0.3) is 0 Å². The van der Waals surface area contributed by atoms with E-state index in [0.29, 0.717) is 12.5 Å². The highest BCUT2D eigenvalue weighted by molar-refractivity contribution is 5.85. The Labute approximate surface area is 152 Å². The molecule has 1 aromatic rings. The van der Waals surface area contributed by atoms with E-state index < -0.39 is 0 Å². The second-order valence-corrected chi connectivity index (χ2v) is 6.96. The summed E-state index contributed by atoms with van der Waals surface area (Å²) in [4.78, 5) is 11.9. The van der Waals surface area contributed by atoms with Gasteiger partial charge in [0.05, 0.1) is 19.2 Å². The average Bonchev–Trinajstić information content (AvgIpc) is 3.31. The number of halogens is 1. The van der Waals surface area contributed by atoms with E-state index in [-0.39, 0.29) is 24.4 Å². The van der Waals surface area contributed by atoms with Gasteiger partial charge in [0.15, 0.2) is 0 Å². The number of ether oxygens (including phenoxy) is 1. The van der Waals surface area contributed by atoms with Crippen molar-refractivity contribution in [3.05, 3.63) is 29.8 Å². The maximum Gasteiger partial charge on any atom is 0.234 e. The summed E-state index contributed by atoms with van der Waals surface area (Å²) in [5, 5.41) is 6.24. The van der Waals surface area contributed by atoms with Crippen LogP contribution in [0.4, 0.5) is 0 Å². The normalized spacial score (nSPS) is 14.8. The maximum absolute atomic E-state index is 11.9. The maximum atomic E-state index is 11.9. The first-order valence-electron chi connectivity index (χ1n) is 8.77. The van der Waals surface area contributed by atoms with Gasteiger partial charge in [0, 0.05) is 0 Å². The van der Waals surface area contributed by atoms with Gasteiger partial charge in [-0.25, -0.2) is 0 Å². The average molecular weight is 355 g/mol. The van der Waals surface area contributed by atoms with Gasteiger partial charge in [-0.2, -0.15) is 0 Å². The smallest absolute Gasteiger partial charge is 0.234 e. The van der Waals surface area contributed by atoms with Gasteiger partial charge in [0.2, 0.25) is 5.91 Å². The topological polar surface area (TPSA) is 50.4 Å². The molecule has 0 heterocycles. The molecule has 1 aromatic carbocycles. The predicted octanol–water partition coefficient (Wildman–Crippen LogP) is 3.71. The second kappa shape index (κ2) is 10.6. The van der Waals surface area contributed by atoms with Crippen molar-refractivity contribution in [2.24, 2.45) is 11.8 Å². The van der Waals surface area contributed by atoms with E-state index in [4.69, 9.17) is 4.74 Å². The number of hydrogen-bond donors (Lipinski definition) is 2. The van der Waals surface area contributed by atoms with Crippen LogP contribution in [0.3, 0.4) is 0 Å². The van der Waals surface area contributed by atoms with Crippen molar-refractivity contribution in [1.82, 2.24) is 10.6 Å². The van der Waals surface area contributed by atoms with Crippen LogP contribution in [0.25, 0.3) is 0 Å². The van der Waals surface area contributed by atoms with Crippen LogP contribution in [0, 0.1) is 11.8 Å². The lowest BCUT2D eigenvalue weighted by atomic mass is 10.1. The van der Waals surface area contributed by atoms with Gasteiger partial charge in [-0.05, 0) is 62.3 Å². The summed E-state index contributed by atoms with van der Waals surface area (Å²) >= 11 is 0. The largest absolute Gasteiger partial charge is 0.494 e. The summed E-state index contributed by atoms with van der Waals surface area (Å²) in [7, 11) is 0. The van der Waals surface area contributed by atoms with Crippen molar-refractivity contribution in [2.75, 3.05) is 19.7 Å². The summed E-state index contributed by atoms with van der Waals surface area (Å²) < 4.78 is 5.72. The highest BCUT2D eigenvalue weighted by Crippen LogP contribution is 2.27. The van der Waals surface area contributed by atoms with Crippen molar-refractivity contribution in [1.29, 1.82) is 0 Å². The lowest BCUT2D eigenvalue weighted by Gasteiger charge is -2.15. The molecule has 0 bridgehead atoms. The molecule has 2 rings (SSSR count). The molecular formula is C19H31ClN2O2. The summed E-state index contributed by atoms with van der Waals surface area (Å²) in [5.41, 5.74) is 1.09. The number of carbonyl (C=O) groups excluding carboxylic acids is 1. The van der Waals surface area contributed by atoms with Crippen molar-refractivity contribution in [3.63, 3.8) is 0 Å². The summed E-state index contributed by atoms with van der Waals surface area (Å²) in [6.07, 6.45) is 3.66. The third-order valence-corrected chi connectivity index (χ3v) is 4.14. The molecule has 1 saturated carbocycles. The van der Waals surface area contributed by atoms with Crippen LogP contribution in [-0.4, -0.2) is 25.6 Å². The Balaban J connectivity index is 0.00000288. The van der Waals surface area contributed by atoms with E-state index in [0.717, 1.165) is 36.8 Å². The van der Waals surface area contributed by atoms with Crippen molar-refractivity contribution in [2.45, 2.75) is 46.1 Å². The molecule has 24 heavy (non-hydrogen) atoms. The first-order valence-corrected chi connectivity index (χ1v) is 8.77. The van der Waals surface area contributed by atoms with Gasteiger partial charge in [-0.15, -0.1) is 12.4 Å². The highest BCUT2D eigenvalue weighted by atomic mass is 35.5. The van der Waals surface area contributed by atoms with Gasteiger partial charge < -0.3 is 15.4 Å². The van der Waals surface area contributed by atoms with Gasteiger partial charge >= 0.3 is 0 Å². The van der Waals surface area contributed by atoms with Crippen LogP contribution in [0.5, 0.6) is 5.75 Å². The van der Waals surface area contributed by atoms with Crippen LogP contribution in [0.1, 0.15) is 51.6 Å². The number of rotatable bonds is 10. The summed E-state index contributed by atoms with van der Waals surface area (Å²) in [6, 6.07) is 8.00. The quantitative estimate of drug-likeness (QED) is 0.673.